The number of anilines is 1. The van der Waals surface area contributed by atoms with Gasteiger partial charge in [-0.1, -0.05) is 46.8 Å². The van der Waals surface area contributed by atoms with E-state index in [9.17, 15) is 4.79 Å². The van der Waals surface area contributed by atoms with Gasteiger partial charge in [0.1, 0.15) is 0 Å². The smallest absolute Gasteiger partial charge is 0.225 e. The minimum absolute atomic E-state index is 0.0114. The molecule has 0 aliphatic carbocycles. The van der Waals surface area contributed by atoms with Crippen LogP contribution >= 0.6 is 0 Å². The number of rotatable bonds is 5. The molecule has 0 fully saturated rings. The van der Waals surface area contributed by atoms with Crippen LogP contribution in [0.25, 0.3) is 0 Å². The Morgan fingerprint density at radius 2 is 1.95 bits per heavy atom. The van der Waals surface area contributed by atoms with Crippen LogP contribution in [0, 0.1) is 5.41 Å². The predicted molar refractivity (Wildman–Crippen MR) is 85.8 cm³/mol. The molecule has 0 spiro atoms. The van der Waals surface area contributed by atoms with Gasteiger partial charge in [0.2, 0.25) is 5.91 Å². The molecule has 1 aromatic carbocycles. The number of amides is 1. The van der Waals surface area contributed by atoms with Crippen molar-refractivity contribution in [2.45, 2.75) is 59.4 Å². The van der Waals surface area contributed by atoms with Gasteiger partial charge in [0, 0.05) is 18.2 Å². The maximum Gasteiger partial charge on any atom is 0.225 e. The van der Waals surface area contributed by atoms with Crippen molar-refractivity contribution in [1.29, 1.82) is 0 Å². The van der Waals surface area contributed by atoms with E-state index in [2.05, 4.69) is 46.0 Å². The lowest BCUT2D eigenvalue weighted by Crippen LogP contribution is -2.31. The summed E-state index contributed by atoms with van der Waals surface area (Å²) in [6.45, 7) is 10.7. The van der Waals surface area contributed by atoms with Crippen molar-refractivity contribution in [3.63, 3.8) is 0 Å². The van der Waals surface area contributed by atoms with Crippen LogP contribution in [-0.2, 0) is 4.79 Å². The minimum Gasteiger partial charge on any atom is -0.327 e. The molecule has 3 nitrogen and oxygen atoms in total. The summed E-state index contributed by atoms with van der Waals surface area (Å²) in [6.07, 6.45) is 1.20. The van der Waals surface area contributed by atoms with E-state index in [1.807, 2.05) is 18.2 Å². The highest BCUT2D eigenvalue weighted by Gasteiger charge is 2.18. The molecule has 1 aromatic rings. The summed E-state index contributed by atoms with van der Waals surface area (Å²) in [6, 6.07) is 7.89. The number of carbonyl (C=O) groups is 1. The lowest BCUT2D eigenvalue weighted by Gasteiger charge is -2.22. The van der Waals surface area contributed by atoms with Gasteiger partial charge in [0.15, 0.2) is 0 Å². The minimum atomic E-state index is -0.0942. The molecular formula is C17H28N2O. The lowest BCUT2D eigenvalue weighted by molar-refractivity contribution is -0.116. The molecule has 1 amide bonds. The molecule has 0 saturated heterocycles. The third kappa shape index (κ3) is 6.20. The van der Waals surface area contributed by atoms with Crippen molar-refractivity contribution in [2.24, 2.45) is 11.1 Å². The van der Waals surface area contributed by atoms with Gasteiger partial charge in [0.25, 0.3) is 0 Å². The van der Waals surface area contributed by atoms with Crippen molar-refractivity contribution in [1.82, 2.24) is 0 Å². The zero-order valence-corrected chi connectivity index (χ0v) is 13.4. The summed E-state index contributed by atoms with van der Waals surface area (Å²) in [4.78, 5) is 12.0. The van der Waals surface area contributed by atoms with Gasteiger partial charge in [0.05, 0.1) is 0 Å². The molecule has 1 atom stereocenters. The Labute approximate surface area is 122 Å². The quantitative estimate of drug-likeness (QED) is 0.857. The largest absolute Gasteiger partial charge is 0.327 e. The lowest BCUT2D eigenvalue weighted by atomic mass is 9.87. The first-order valence-electron chi connectivity index (χ1n) is 7.33. The molecule has 3 heteroatoms. The summed E-state index contributed by atoms with van der Waals surface area (Å²) in [5, 5.41) is 2.93. The highest BCUT2D eigenvalue weighted by molar-refractivity contribution is 5.91. The highest BCUT2D eigenvalue weighted by Crippen LogP contribution is 2.22. The Morgan fingerprint density at radius 3 is 2.50 bits per heavy atom. The number of carbonyl (C=O) groups excluding carboxylic acids is 1. The van der Waals surface area contributed by atoms with Gasteiger partial charge in [-0.25, -0.2) is 0 Å². The van der Waals surface area contributed by atoms with Crippen LogP contribution in [-0.4, -0.2) is 11.9 Å². The average molecular weight is 276 g/mol. The topological polar surface area (TPSA) is 55.1 Å². The first-order chi connectivity index (χ1) is 9.17. The van der Waals surface area contributed by atoms with E-state index in [1.54, 1.807) is 0 Å². The Hall–Kier alpha value is -1.35. The second kappa shape index (κ2) is 6.89. The fraction of sp³-hybridized carbons (Fsp3) is 0.588. The molecule has 3 N–H and O–H groups in total. The molecule has 0 heterocycles. The van der Waals surface area contributed by atoms with E-state index in [0.29, 0.717) is 12.3 Å². The van der Waals surface area contributed by atoms with Crippen LogP contribution in [0.1, 0.15) is 58.9 Å². The molecule has 0 saturated carbocycles. The Kier molecular flexibility index (Phi) is 5.75. The van der Waals surface area contributed by atoms with E-state index in [1.165, 1.54) is 5.56 Å². The van der Waals surface area contributed by atoms with Crippen LogP contribution in [0.15, 0.2) is 24.3 Å². The fourth-order valence-corrected chi connectivity index (χ4v) is 2.28. The Bertz CT molecular complexity index is 447. The molecule has 0 aromatic heterocycles. The maximum atomic E-state index is 12.0. The standard InChI is InChI=1S/C17H28N2O/c1-12(2)13-7-6-8-15(9-13)19-16(20)10-14(18)11-17(3,4)5/h6-9,12,14H,10-11,18H2,1-5H3,(H,19,20). The molecule has 1 unspecified atom stereocenters. The van der Waals surface area contributed by atoms with Gasteiger partial charge in [-0.3, -0.25) is 4.79 Å². The fourth-order valence-electron chi connectivity index (χ4n) is 2.28. The Balaban J connectivity index is 2.56. The van der Waals surface area contributed by atoms with Crippen molar-refractivity contribution in [3.8, 4) is 0 Å². The zero-order chi connectivity index (χ0) is 15.3. The summed E-state index contributed by atoms with van der Waals surface area (Å²) < 4.78 is 0. The van der Waals surface area contributed by atoms with Gasteiger partial charge in [-0.2, -0.15) is 0 Å². The summed E-state index contributed by atoms with van der Waals surface area (Å²) in [5.41, 5.74) is 8.26. The van der Waals surface area contributed by atoms with Gasteiger partial charge >= 0.3 is 0 Å². The van der Waals surface area contributed by atoms with Gasteiger partial charge in [-0.05, 0) is 35.4 Å². The van der Waals surface area contributed by atoms with Gasteiger partial charge in [-0.15, -0.1) is 0 Å². The molecule has 0 aliphatic rings. The van der Waals surface area contributed by atoms with E-state index in [0.717, 1.165) is 12.1 Å². The van der Waals surface area contributed by atoms with E-state index in [-0.39, 0.29) is 17.4 Å². The monoisotopic (exact) mass is 276 g/mol. The SMILES string of the molecule is CC(C)c1cccc(NC(=O)CC(N)CC(C)(C)C)c1. The second-order valence-corrected chi connectivity index (χ2v) is 7.06. The van der Waals surface area contributed by atoms with Crippen LogP contribution in [0.2, 0.25) is 0 Å². The molecule has 112 valence electrons. The number of hydrogen-bond donors (Lipinski definition) is 2. The maximum absolute atomic E-state index is 12.0. The molecule has 1 rings (SSSR count). The number of hydrogen-bond acceptors (Lipinski definition) is 2. The summed E-state index contributed by atoms with van der Waals surface area (Å²) >= 11 is 0. The van der Waals surface area contributed by atoms with Crippen LogP contribution in [0.3, 0.4) is 0 Å². The van der Waals surface area contributed by atoms with Crippen molar-refractivity contribution in [2.75, 3.05) is 5.32 Å². The highest BCUT2D eigenvalue weighted by atomic mass is 16.1. The Morgan fingerprint density at radius 1 is 1.30 bits per heavy atom. The van der Waals surface area contributed by atoms with Crippen molar-refractivity contribution < 1.29 is 4.79 Å². The normalized spacial score (nSPS) is 13.3. The summed E-state index contributed by atoms with van der Waals surface area (Å²) in [7, 11) is 0. The van der Waals surface area contributed by atoms with Crippen molar-refractivity contribution in [3.05, 3.63) is 29.8 Å². The van der Waals surface area contributed by atoms with Crippen LogP contribution < -0.4 is 11.1 Å². The van der Waals surface area contributed by atoms with E-state index in [4.69, 9.17) is 5.73 Å². The molecule has 0 radical (unpaired) electrons. The molecule has 0 aliphatic heterocycles. The number of nitrogens with two attached hydrogens (primary N) is 1. The third-order valence-electron chi connectivity index (χ3n) is 3.16. The van der Waals surface area contributed by atoms with Crippen LogP contribution in [0.4, 0.5) is 5.69 Å². The first-order valence-corrected chi connectivity index (χ1v) is 7.33. The van der Waals surface area contributed by atoms with E-state index < -0.39 is 0 Å². The second-order valence-electron chi connectivity index (χ2n) is 7.06. The van der Waals surface area contributed by atoms with Gasteiger partial charge < -0.3 is 11.1 Å². The molecule has 0 bridgehead atoms. The molecule has 20 heavy (non-hydrogen) atoms. The van der Waals surface area contributed by atoms with Crippen LogP contribution in [0.5, 0.6) is 0 Å². The third-order valence-corrected chi connectivity index (χ3v) is 3.16. The summed E-state index contributed by atoms with van der Waals surface area (Å²) in [5.74, 6) is 0.442. The molecular weight excluding hydrogens is 248 g/mol. The predicted octanol–water partition coefficient (Wildman–Crippen LogP) is 3.90. The van der Waals surface area contributed by atoms with E-state index >= 15 is 0 Å². The first kappa shape index (κ1) is 16.7. The van der Waals surface area contributed by atoms with Crippen molar-refractivity contribution >= 4 is 11.6 Å². The number of benzene rings is 1. The number of nitrogens with one attached hydrogen (secondary N) is 1. The average Bonchev–Trinajstić information content (AvgIpc) is 2.25. The zero-order valence-electron chi connectivity index (χ0n) is 13.4.